The predicted octanol–water partition coefficient (Wildman–Crippen LogP) is 4.21. The highest BCUT2D eigenvalue weighted by molar-refractivity contribution is 6.30. The summed E-state index contributed by atoms with van der Waals surface area (Å²) in [6, 6.07) is 13.8. The van der Waals surface area contributed by atoms with Crippen molar-refractivity contribution in [3.05, 3.63) is 64.9 Å². The van der Waals surface area contributed by atoms with E-state index in [0.29, 0.717) is 23.2 Å². The number of rotatable bonds is 5. The molecular weight excluding hydrogens is 353 g/mol. The molecule has 0 bridgehead atoms. The fourth-order valence-corrected chi connectivity index (χ4v) is 3.42. The van der Waals surface area contributed by atoms with Crippen LogP contribution in [0.1, 0.15) is 18.4 Å². The van der Waals surface area contributed by atoms with Crippen LogP contribution in [0.15, 0.2) is 48.5 Å². The molecule has 0 saturated carbocycles. The summed E-state index contributed by atoms with van der Waals surface area (Å²) >= 11 is 5.91. The summed E-state index contributed by atoms with van der Waals surface area (Å²) < 4.78 is 13.0. The molecule has 4 nitrogen and oxygen atoms in total. The van der Waals surface area contributed by atoms with Crippen molar-refractivity contribution < 1.29 is 9.18 Å². The lowest BCUT2D eigenvalue weighted by atomic mass is 9.89. The van der Waals surface area contributed by atoms with Gasteiger partial charge in [-0.2, -0.15) is 0 Å². The van der Waals surface area contributed by atoms with Crippen LogP contribution in [0.25, 0.3) is 0 Å². The Labute approximate surface area is 158 Å². The summed E-state index contributed by atoms with van der Waals surface area (Å²) in [7, 11) is 0. The Morgan fingerprint density at radius 1 is 1.19 bits per heavy atom. The summed E-state index contributed by atoms with van der Waals surface area (Å²) in [6.45, 7) is 1.48. The summed E-state index contributed by atoms with van der Waals surface area (Å²) in [5, 5.41) is 9.75. The van der Waals surface area contributed by atoms with E-state index in [1.807, 2.05) is 12.1 Å². The summed E-state index contributed by atoms with van der Waals surface area (Å²) in [5.41, 5.74) is 1.83. The van der Waals surface area contributed by atoms with Crippen molar-refractivity contribution in [2.45, 2.75) is 25.3 Å². The van der Waals surface area contributed by atoms with E-state index in [4.69, 9.17) is 11.6 Å². The number of anilines is 1. The normalized spacial score (nSPS) is 19.8. The first-order chi connectivity index (χ1) is 12.6. The molecule has 26 heavy (non-hydrogen) atoms. The quantitative estimate of drug-likeness (QED) is 0.733. The number of nitrogens with one attached hydrogen (secondary N) is 3. The molecule has 1 heterocycles. The molecule has 2 aromatic rings. The van der Waals surface area contributed by atoms with Crippen LogP contribution in [0.2, 0.25) is 5.02 Å². The van der Waals surface area contributed by atoms with Crippen LogP contribution in [-0.4, -0.2) is 25.2 Å². The number of halogens is 2. The lowest BCUT2D eigenvalue weighted by Gasteiger charge is -2.30. The molecule has 138 valence electrons. The Bertz CT molecular complexity index is 730. The van der Waals surface area contributed by atoms with Gasteiger partial charge in [-0.15, -0.1) is 0 Å². The average Bonchev–Trinajstić information content (AvgIpc) is 2.63. The lowest BCUT2D eigenvalue weighted by Crippen LogP contribution is -2.47. The SMILES string of the molecule is O=C(NC[C@@H]1CC[C@@H](Cc2ccc(F)cc2)CN1)Nc1cccc(Cl)c1. The molecule has 1 fully saturated rings. The van der Waals surface area contributed by atoms with Gasteiger partial charge in [-0.25, -0.2) is 9.18 Å². The van der Waals surface area contributed by atoms with Crippen LogP contribution in [-0.2, 0) is 6.42 Å². The molecular formula is C20H23ClFN3O. The molecule has 1 saturated heterocycles. The second kappa shape index (κ2) is 9.01. The van der Waals surface area contributed by atoms with E-state index in [1.54, 1.807) is 24.3 Å². The van der Waals surface area contributed by atoms with Gasteiger partial charge in [-0.1, -0.05) is 29.8 Å². The number of carbonyl (C=O) groups excluding carboxylic acids is 1. The zero-order chi connectivity index (χ0) is 18.4. The number of hydrogen-bond acceptors (Lipinski definition) is 2. The maximum absolute atomic E-state index is 13.0. The van der Waals surface area contributed by atoms with Gasteiger partial charge in [-0.3, -0.25) is 0 Å². The van der Waals surface area contributed by atoms with Gasteiger partial charge in [0.25, 0.3) is 0 Å². The second-order valence-electron chi connectivity index (χ2n) is 6.72. The highest BCUT2D eigenvalue weighted by atomic mass is 35.5. The largest absolute Gasteiger partial charge is 0.336 e. The van der Waals surface area contributed by atoms with Crippen molar-refractivity contribution in [2.24, 2.45) is 5.92 Å². The number of urea groups is 1. The van der Waals surface area contributed by atoms with Gasteiger partial charge in [0.1, 0.15) is 5.82 Å². The van der Waals surface area contributed by atoms with Crippen molar-refractivity contribution in [2.75, 3.05) is 18.4 Å². The number of hydrogen-bond donors (Lipinski definition) is 3. The Balaban J connectivity index is 1.37. The molecule has 1 aliphatic rings. The highest BCUT2D eigenvalue weighted by Crippen LogP contribution is 2.19. The van der Waals surface area contributed by atoms with E-state index in [9.17, 15) is 9.18 Å². The van der Waals surface area contributed by atoms with Crippen LogP contribution in [0.3, 0.4) is 0 Å². The molecule has 2 atom stereocenters. The molecule has 0 aromatic heterocycles. The average molecular weight is 376 g/mol. The van der Waals surface area contributed by atoms with Crippen molar-refractivity contribution >= 4 is 23.3 Å². The van der Waals surface area contributed by atoms with E-state index in [0.717, 1.165) is 31.4 Å². The molecule has 2 aromatic carbocycles. The van der Waals surface area contributed by atoms with E-state index in [-0.39, 0.29) is 17.9 Å². The van der Waals surface area contributed by atoms with Crippen molar-refractivity contribution in [1.29, 1.82) is 0 Å². The lowest BCUT2D eigenvalue weighted by molar-refractivity contribution is 0.247. The molecule has 3 rings (SSSR count). The van der Waals surface area contributed by atoms with Crippen molar-refractivity contribution in [1.82, 2.24) is 10.6 Å². The fourth-order valence-electron chi connectivity index (χ4n) is 3.23. The smallest absolute Gasteiger partial charge is 0.319 e. The van der Waals surface area contributed by atoms with Gasteiger partial charge in [-0.05, 0) is 67.6 Å². The first-order valence-electron chi connectivity index (χ1n) is 8.87. The summed E-state index contributed by atoms with van der Waals surface area (Å²) in [6.07, 6.45) is 3.04. The molecule has 0 spiro atoms. The minimum Gasteiger partial charge on any atom is -0.336 e. The number of amides is 2. The molecule has 6 heteroatoms. The third kappa shape index (κ3) is 5.71. The first kappa shape index (κ1) is 18.7. The van der Waals surface area contributed by atoms with E-state index >= 15 is 0 Å². The Morgan fingerprint density at radius 2 is 2.00 bits per heavy atom. The van der Waals surface area contributed by atoms with E-state index in [2.05, 4.69) is 16.0 Å². The van der Waals surface area contributed by atoms with Gasteiger partial charge < -0.3 is 16.0 Å². The molecule has 0 radical (unpaired) electrons. The van der Waals surface area contributed by atoms with Crippen LogP contribution in [0.5, 0.6) is 0 Å². The van der Waals surface area contributed by atoms with Crippen LogP contribution in [0.4, 0.5) is 14.9 Å². The van der Waals surface area contributed by atoms with Crippen molar-refractivity contribution in [3.8, 4) is 0 Å². The van der Waals surface area contributed by atoms with Gasteiger partial charge in [0, 0.05) is 23.3 Å². The molecule has 0 aliphatic carbocycles. The topological polar surface area (TPSA) is 53.2 Å². The molecule has 2 amide bonds. The van der Waals surface area contributed by atoms with Gasteiger partial charge in [0.05, 0.1) is 0 Å². The summed E-state index contributed by atoms with van der Waals surface area (Å²) in [4.78, 5) is 12.0. The minimum absolute atomic E-state index is 0.197. The third-order valence-electron chi connectivity index (χ3n) is 4.65. The fraction of sp³-hybridized carbons (Fsp3) is 0.350. The minimum atomic E-state index is -0.234. The number of piperidine rings is 1. The maximum atomic E-state index is 13.0. The van der Waals surface area contributed by atoms with Crippen LogP contribution >= 0.6 is 11.6 Å². The predicted molar refractivity (Wildman–Crippen MR) is 103 cm³/mol. The van der Waals surface area contributed by atoms with Crippen LogP contribution < -0.4 is 16.0 Å². The highest BCUT2D eigenvalue weighted by Gasteiger charge is 2.21. The molecule has 3 N–H and O–H groups in total. The van der Waals surface area contributed by atoms with E-state index < -0.39 is 0 Å². The third-order valence-corrected chi connectivity index (χ3v) is 4.88. The van der Waals surface area contributed by atoms with Crippen molar-refractivity contribution in [3.63, 3.8) is 0 Å². The zero-order valence-corrected chi connectivity index (χ0v) is 15.2. The van der Waals surface area contributed by atoms with Gasteiger partial charge >= 0.3 is 6.03 Å². The van der Waals surface area contributed by atoms with Gasteiger partial charge in [0.15, 0.2) is 0 Å². The maximum Gasteiger partial charge on any atom is 0.319 e. The molecule has 1 aliphatic heterocycles. The monoisotopic (exact) mass is 375 g/mol. The summed E-state index contributed by atoms with van der Waals surface area (Å²) in [5.74, 6) is 0.342. The van der Waals surface area contributed by atoms with E-state index in [1.165, 1.54) is 12.1 Å². The number of carbonyl (C=O) groups is 1. The second-order valence-corrected chi connectivity index (χ2v) is 7.16. The Hall–Kier alpha value is -2.11. The molecule has 0 unspecified atom stereocenters. The Kier molecular flexibility index (Phi) is 6.47. The standard InChI is InChI=1S/C20H23ClFN3O/c21-16-2-1-3-18(11-16)25-20(26)24-13-19-9-6-15(12-23-19)10-14-4-7-17(22)8-5-14/h1-5,7-8,11,15,19,23H,6,9-10,12-13H2,(H2,24,25,26)/t15-,19-/m0/s1. The van der Waals surface area contributed by atoms with Crippen LogP contribution in [0, 0.1) is 11.7 Å². The zero-order valence-electron chi connectivity index (χ0n) is 14.5. The van der Waals surface area contributed by atoms with Gasteiger partial charge in [0.2, 0.25) is 0 Å². The first-order valence-corrected chi connectivity index (χ1v) is 9.24. The Morgan fingerprint density at radius 3 is 2.69 bits per heavy atom. The number of benzene rings is 2.